The van der Waals surface area contributed by atoms with Crippen LogP contribution in [-0.4, -0.2) is 16.0 Å². The first kappa shape index (κ1) is 18.3. The van der Waals surface area contributed by atoms with E-state index in [4.69, 9.17) is 4.52 Å². The molecule has 0 unspecified atom stereocenters. The molecule has 2 heterocycles. The highest BCUT2D eigenvalue weighted by Gasteiger charge is 2.14. The van der Waals surface area contributed by atoms with Gasteiger partial charge in [-0.05, 0) is 16.8 Å². The van der Waals surface area contributed by atoms with Crippen molar-refractivity contribution in [3.05, 3.63) is 94.9 Å². The Bertz CT molecular complexity index is 1320. The van der Waals surface area contributed by atoms with E-state index in [0.29, 0.717) is 12.3 Å². The van der Waals surface area contributed by atoms with Gasteiger partial charge in [-0.2, -0.15) is 0 Å². The summed E-state index contributed by atoms with van der Waals surface area (Å²) in [6.45, 7) is 0.342. The van der Waals surface area contributed by atoms with E-state index in [1.54, 1.807) is 6.07 Å². The Balaban J connectivity index is 1.27. The lowest BCUT2D eigenvalue weighted by Crippen LogP contribution is -2.22. The van der Waals surface area contributed by atoms with Gasteiger partial charge in [0.25, 0.3) is 5.91 Å². The smallest absolute Gasteiger partial charge is 0.273 e. The Labute approximate surface area is 177 Å². The summed E-state index contributed by atoms with van der Waals surface area (Å²) in [4.78, 5) is 17.1. The molecule has 30 heavy (non-hydrogen) atoms. The number of aromatic nitrogens is 2. The van der Waals surface area contributed by atoms with Crippen molar-refractivity contribution >= 4 is 28.0 Å². The quantitative estimate of drug-likeness (QED) is 0.412. The highest BCUT2D eigenvalue weighted by atomic mass is 32.1. The molecule has 0 aliphatic heterocycles. The van der Waals surface area contributed by atoms with Gasteiger partial charge >= 0.3 is 0 Å². The van der Waals surface area contributed by atoms with Crippen LogP contribution in [0.2, 0.25) is 0 Å². The Kier molecular flexibility index (Phi) is 4.83. The number of hydrogen-bond donors (Lipinski definition) is 1. The molecule has 5 rings (SSSR count). The molecule has 0 aliphatic rings. The normalized spacial score (nSPS) is 10.9. The van der Waals surface area contributed by atoms with Crippen molar-refractivity contribution in [3.8, 4) is 22.6 Å². The second kappa shape index (κ2) is 7.93. The van der Waals surface area contributed by atoms with Gasteiger partial charge in [0.15, 0.2) is 11.5 Å². The Hall–Kier alpha value is -3.77. The van der Waals surface area contributed by atoms with E-state index >= 15 is 0 Å². The maximum Gasteiger partial charge on any atom is 0.273 e. The molecule has 0 spiro atoms. The molecule has 0 atom stereocenters. The summed E-state index contributed by atoms with van der Waals surface area (Å²) in [5, 5.41) is 11.9. The number of thiazole rings is 1. The monoisotopic (exact) mass is 411 g/mol. The van der Waals surface area contributed by atoms with Gasteiger partial charge in [-0.1, -0.05) is 71.9 Å². The van der Waals surface area contributed by atoms with Gasteiger partial charge in [0, 0.05) is 22.6 Å². The van der Waals surface area contributed by atoms with Gasteiger partial charge in [-0.15, -0.1) is 11.3 Å². The predicted molar refractivity (Wildman–Crippen MR) is 118 cm³/mol. The van der Waals surface area contributed by atoms with Crippen molar-refractivity contribution < 1.29 is 9.32 Å². The molecule has 2 aromatic heterocycles. The van der Waals surface area contributed by atoms with Gasteiger partial charge in [-0.25, -0.2) is 4.98 Å². The van der Waals surface area contributed by atoms with Gasteiger partial charge in [-0.3, -0.25) is 4.79 Å². The summed E-state index contributed by atoms with van der Waals surface area (Å²) in [5.74, 6) is 0.272. The van der Waals surface area contributed by atoms with Crippen LogP contribution in [0.1, 0.15) is 15.5 Å². The highest BCUT2D eigenvalue weighted by molar-refractivity contribution is 7.09. The lowest BCUT2D eigenvalue weighted by atomic mass is 10.1. The third-order valence-corrected chi connectivity index (χ3v) is 5.65. The number of fused-ring (bicyclic) bond motifs is 1. The predicted octanol–water partition coefficient (Wildman–Crippen LogP) is 5.55. The van der Waals surface area contributed by atoms with E-state index in [1.165, 1.54) is 11.3 Å². The molecular formula is C24H17N3O2S. The first-order valence-corrected chi connectivity index (χ1v) is 10.4. The number of benzene rings is 3. The van der Waals surface area contributed by atoms with E-state index in [0.717, 1.165) is 32.6 Å². The Morgan fingerprint density at radius 3 is 2.57 bits per heavy atom. The fourth-order valence-electron chi connectivity index (χ4n) is 3.24. The van der Waals surface area contributed by atoms with Gasteiger partial charge < -0.3 is 9.84 Å². The van der Waals surface area contributed by atoms with Crippen LogP contribution < -0.4 is 5.32 Å². The summed E-state index contributed by atoms with van der Waals surface area (Å²) in [6, 6.07) is 25.7. The van der Waals surface area contributed by atoms with E-state index < -0.39 is 0 Å². The topological polar surface area (TPSA) is 68.0 Å². The second-order valence-corrected chi connectivity index (χ2v) is 7.76. The zero-order valence-electron chi connectivity index (χ0n) is 15.9. The minimum absolute atomic E-state index is 0.248. The number of carbonyl (C=O) groups excluding carboxylic acids is 1. The maximum atomic E-state index is 12.5. The van der Waals surface area contributed by atoms with Crippen molar-refractivity contribution in [3.63, 3.8) is 0 Å². The van der Waals surface area contributed by atoms with Gasteiger partial charge in [0.1, 0.15) is 5.01 Å². The molecule has 0 bridgehead atoms. The minimum Gasteiger partial charge on any atom is -0.355 e. The highest BCUT2D eigenvalue weighted by Crippen LogP contribution is 2.25. The number of hydrogen-bond acceptors (Lipinski definition) is 5. The molecular weight excluding hydrogens is 394 g/mol. The molecule has 5 nitrogen and oxygen atoms in total. The number of amides is 1. The number of nitrogens with one attached hydrogen (secondary N) is 1. The molecule has 6 heteroatoms. The summed E-state index contributed by atoms with van der Waals surface area (Å²) in [7, 11) is 0. The molecule has 0 saturated heterocycles. The van der Waals surface area contributed by atoms with E-state index in [9.17, 15) is 4.79 Å². The largest absolute Gasteiger partial charge is 0.355 e. The average molecular weight is 411 g/mol. The first-order chi connectivity index (χ1) is 14.8. The summed E-state index contributed by atoms with van der Waals surface area (Å²) < 4.78 is 5.41. The van der Waals surface area contributed by atoms with Crippen LogP contribution in [0.5, 0.6) is 0 Å². The zero-order valence-corrected chi connectivity index (χ0v) is 16.7. The molecule has 0 fully saturated rings. The zero-order chi connectivity index (χ0) is 20.3. The Morgan fingerprint density at radius 1 is 0.900 bits per heavy atom. The van der Waals surface area contributed by atoms with Crippen LogP contribution in [0.4, 0.5) is 0 Å². The molecule has 0 radical (unpaired) electrons. The molecule has 146 valence electrons. The first-order valence-electron chi connectivity index (χ1n) is 9.50. The van der Waals surface area contributed by atoms with Crippen LogP contribution in [0.25, 0.3) is 33.4 Å². The van der Waals surface area contributed by atoms with Crippen LogP contribution in [-0.2, 0) is 6.54 Å². The lowest BCUT2D eigenvalue weighted by Gasteiger charge is -2.00. The molecule has 1 N–H and O–H groups in total. The minimum atomic E-state index is -0.290. The lowest BCUT2D eigenvalue weighted by molar-refractivity contribution is 0.0942. The van der Waals surface area contributed by atoms with E-state index in [1.807, 2.05) is 72.1 Å². The SMILES string of the molecule is O=C(NCc1nc(-c2ccccc2)cs1)c1cc(-c2ccc3ccccc3c2)on1. The maximum absolute atomic E-state index is 12.5. The number of nitrogens with zero attached hydrogens (tertiary/aromatic N) is 2. The van der Waals surface area contributed by atoms with Gasteiger partial charge in [0.05, 0.1) is 12.2 Å². The standard InChI is InChI=1S/C24H17N3O2S/c28-24(25-14-23-26-21(15-30-23)17-7-2-1-3-8-17)20-13-22(29-27-20)19-11-10-16-6-4-5-9-18(16)12-19/h1-13,15H,14H2,(H,25,28). The molecule has 3 aromatic carbocycles. The molecule has 0 aliphatic carbocycles. The van der Waals surface area contributed by atoms with Crippen LogP contribution in [0.15, 0.2) is 88.8 Å². The van der Waals surface area contributed by atoms with Crippen molar-refractivity contribution in [1.29, 1.82) is 0 Å². The Morgan fingerprint density at radius 2 is 1.70 bits per heavy atom. The second-order valence-electron chi connectivity index (χ2n) is 6.81. The van der Waals surface area contributed by atoms with E-state index in [2.05, 4.69) is 21.5 Å². The molecule has 0 saturated carbocycles. The van der Waals surface area contributed by atoms with Crippen LogP contribution >= 0.6 is 11.3 Å². The fourth-order valence-corrected chi connectivity index (χ4v) is 3.98. The average Bonchev–Trinajstić information content (AvgIpc) is 3.48. The fraction of sp³-hybridized carbons (Fsp3) is 0.0417. The van der Waals surface area contributed by atoms with Crippen molar-refractivity contribution in [2.45, 2.75) is 6.54 Å². The number of carbonyl (C=O) groups is 1. The summed E-state index contributed by atoms with van der Waals surface area (Å²) >= 11 is 1.52. The third-order valence-electron chi connectivity index (χ3n) is 4.80. The van der Waals surface area contributed by atoms with Crippen LogP contribution in [0, 0.1) is 0 Å². The third kappa shape index (κ3) is 3.73. The van der Waals surface area contributed by atoms with Crippen molar-refractivity contribution in [2.24, 2.45) is 0 Å². The van der Waals surface area contributed by atoms with Gasteiger partial charge in [0.2, 0.25) is 0 Å². The number of rotatable bonds is 5. The van der Waals surface area contributed by atoms with Crippen molar-refractivity contribution in [2.75, 3.05) is 0 Å². The molecule has 5 aromatic rings. The summed E-state index contributed by atoms with van der Waals surface area (Å²) in [6.07, 6.45) is 0. The summed E-state index contributed by atoms with van der Waals surface area (Å²) in [5.41, 5.74) is 3.10. The van der Waals surface area contributed by atoms with E-state index in [-0.39, 0.29) is 11.6 Å². The molecule has 1 amide bonds. The van der Waals surface area contributed by atoms with Crippen LogP contribution in [0.3, 0.4) is 0 Å². The van der Waals surface area contributed by atoms with Crippen molar-refractivity contribution in [1.82, 2.24) is 15.5 Å².